The number of aromatic amines is 2. The molecule has 2 atom stereocenters. The van der Waals surface area contributed by atoms with E-state index in [9.17, 15) is 4.79 Å². The number of aromatic nitrogens is 3. The molecule has 2 saturated heterocycles. The average molecular weight is 502 g/mol. The topological polar surface area (TPSA) is 85.6 Å². The number of rotatable bonds is 5. The number of hydrogen-bond donors (Lipinski definition) is 4. The summed E-state index contributed by atoms with van der Waals surface area (Å²) in [6.07, 6.45) is 6.47. The first-order valence-corrected chi connectivity index (χ1v) is 13.6. The second kappa shape index (κ2) is 9.71. The monoisotopic (exact) mass is 501 g/mol. The summed E-state index contributed by atoms with van der Waals surface area (Å²) < 4.78 is 0. The van der Waals surface area contributed by atoms with E-state index in [1.54, 1.807) is 6.07 Å². The maximum Gasteiger partial charge on any atom is 0.189 e. The number of nitrogens with zero attached hydrogens (tertiary/aromatic N) is 1. The first-order chi connectivity index (χ1) is 18.7. The zero-order valence-electron chi connectivity index (χ0n) is 21.3. The van der Waals surface area contributed by atoms with Crippen LogP contribution >= 0.6 is 0 Å². The molecule has 38 heavy (non-hydrogen) atoms. The lowest BCUT2D eigenvalue weighted by Crippen LogP contribution is -2.17. The van der Waals surface area contributed by atoms with Crippen molar-refractivity contribution in [3.05, 3.63) is 101 Å². The Bertz CT molecular complexity index is 1640. The fourth-order valence-electron chi connectivity index (χ4n) is 5.87. The van der Waals surface area contributed by atoms with Gasteiger partial charge in [0.05, 0.1) is 23.4 Å². The Hall–Kier alpha value is -4.00. The van der Waals surface area contributed by atoms with Gasteiger partial charge in [0.1, 0.15) is 5.82 Å². The Balaban J connectivity index is 1.12. The van der Waals surface area contributed by atoms with E-state index in [4.69, 9.17) is 0 Å². The Labute approximate surface area is 221 Å². The van der Waals surface area contributed by atoms with Crippen molar-refractivity contribution in [1.82, 2.24) is 25.6 Å². The van der Waals surface area contributed by atoms with Crippen LogP contribution in [0.2, 0.25) is 0 Å². The molecule has 4 heterocycles. The van der Waals surface area contributed by atoms with Gasteiger partial charge in [-0.2, -0.15) is 0 Å². The van der Waals surface area contributed by atoms with Gasteiger partial charge < -0.3 is 20.6 Å². The molecule has 6 nitrogen and oxygen atoms in total. The summed E-state index contributed by atoms with van der Waals surface area (Å²) in [5.41, 5.74) is 8.71. The highest BCUT2D eigenvalue weighted by molar-refractivity contribution is 5.85. The summed E-state index contributed by atoms with van der Waals surface area (Å²) in [6, 6.07) is 25.7. The smallest absolute Gasteiger partial charge is 0.189 e. The van der Waals surface area contributed by atoms with Crippen LogP contribution < -0.4 is 16.1 Å². The summed E-state index contributed by atoms with van der Waals surface area (Å²) in [5.74, 6) is 1.03. The fourth-order valence-corrected chi connectivity index (χ4v) is 5.87. The maximum atomic E-state index is 12.7. The SMILES string of the molecule is O=c1cc(C2CCCN2)[nH]c2cc(-c3ccc(-c4ccc(-c5cnc([C@@H]6CCCN6)[nH]5)cc4)cc3)ccc12. The highest BCUT2D eigenvalue weighted by atomic mass is 16.1. The molecule has 6 heteroatoms. The first kappa shape index (κ1) is 23.1. The number of imidazole rings is 1. The molecule has 1 unspecified atom stereocenters. The molecular formula is C32H31N5O. The molecule has 0 saturated carbocycles. The molecule has 0 amide bonds. The van der Waals surface area contributed by atoms with Crippen molar-refractivity contribution >= 4 is 10.9 Å². The molecule has 0 spiro atoms. The molecule has 0 radical (unpaired) electrons. The molecule has 2 aliphatic heterocycles. The van der Waals surface area contributed by atoms with Gasteiger partial charge in [-0.15, -0.1) is 0 Å². The third-order valence-corrected chi connectivity index (χ3v) is 8.02. The maximum absolute atomic E-state index is 12.7. The third kappa shape index (κ3) is 4.36. The summed E-state index contributed by atoms with van der Waals surface area (Å²) in [6.45, 7) is 2.07. The fraction of sp³-hybridized carbons (Fsp3) is 0.250. The van der Waals surface area contributed by atoms with Crippen LogP contribution in [0.3, 0.4) is 0 Å². The molecule has 190 valence electrons. The predicted molar refractivity (Wildman–Crippen MR) is 153 cm³/mol. The van der Waals surface area contributed by atoms with Gasteiger partial charge in [0.2, 0.25) is 0 Å². The van der Waals surface area contributed by atoms with E-state index in [0.29, 0.717) is 6.04 Å². The second-order valence-electron chi connectivity index (χ2n) is 10.5. The Morgan fingerprint density at radius 2 is 1.26 bits per heavy atom. The Kier molecular flexibility index (Phi) is 5.91. The van der Waals surface area contributed by atoms with Crippen molar-refractivity contribution in [3.8, 4) is 33.5 Å². The summed E-state index contributed by atoms with van der Waals surface area (Å²) in [4.78, 5) is 24.3. The van der Waals surface area contributed by atoms with Crippen molar-refractivity contribution in [2.24, 2.45) is 0 Å². The quantitative estimate of drug-likeness (QED) is 0.234. The normalized spacial score (nSPS) is 19.4. The zero-order chi connectivity index (χ0) is 25.5. The van der Waals surface area contributed by atoms with E-state index in [2.05, 4.69) is 80.2 Å². The molecule has 3 aromatic carbocycles. The van der Waals surface area contributed by atoms with Gasteiger partial charge in [-0.05, 0) is 78.7 Å². The van der Waals surface area contributed by atoms with Crippen LogP contribution in [0.4, 0.5) is 0 Å². The van der Waals surface area contributed by atoms with Crippen LogP contribution in [-0.4, -0.2) is 28.0 Å². The molecule has 0 bridgehead atoms. The van der Waals surface area contributed by atoms with E-state index in [-0.39, 0.29) is 11.5 Å². The Morgan fingerprint density at radius 1 is 0.658 bits per heavy atom. The number of benzene rings is 3. The molecule has 2 aliphatic rings. The van der Waals surface area contributed by atoms with E-state index in [1.165, 1.54) is 17.5 Å². The standard InChI is InChI=1S/C32H31N5O/c38-31-18-29(26-3-1-15-33-26)36-28-17-24(13-14-25(28)31)22-7-5-20(6-8-22)21-9-11-23(12-10-21)30-19-35-32(37-30)27-4-2-16-34-27/h5-14,17-19,26-27,33-34H,1-4,15-16H2,(H,35,37)(H,36,38)/t26?,27-/m0/s1. The van der Waals surface area contributed by atoms with E-state index < -0.39 is 0 Å². The number of hydrogen-bond acceptors (Lipinski definition) is 4. The number of fused-ring (bicyclic) bond motifs is 1. The van der Waals surface area contributed by atoms with Gasteiger partial charge in [0.25, 0.3) is 0 Å². The van der Waals surface area contributed by atoms with Gasteiger partial charge >= 0.3 is 0 Å². The van der Waals surface area contributed by atoms with E-state index in [0.717, 1.165) is 77.2 Å². The largest absolute Gasteiger partial charge is 0.357 e. The van der Waals surface area contributed by atoms with Gasteiger partial charge in [0, 0.05) is 23.2 Å². The summed E-state index contributed by atoms with van der Waals surface area (Å²) >= 11 is 0. The molecular weight excluding hydrogens is 470 g/mol. The van der Waals surface area contributed by atoms with Gasteiger partial charge in [0.15, 0.2) is 5.43 Å². The molecule has 0 aliphatic carbocycles. The average Bonchev–Trinajstić information content (AvgIpc) is 3.76. The highest BCUT2D eigenvalue weighted by Crippen LogP contribution is 2.30. The number of H-pyrrole nitrogens is 2. The van der Waals surface area contributed by atoms with Gasteiger partial charge in [-0.25, -0.2) is 4.98 Å². The number of nitrogens with one attached hydrogen (secondary N) is 4. The van der Waals surface area contributed by atoms with Gasteiger partial charge in [-0.1, -0.05) is 54.6 Å². The predicted octanol–water partition coefficient (Wildman–Crippen LogP) is 6.10. The molecule has 2 fully saturated rings. The minimum absolute atomic E-state index is 0.0781. The molecule has 7 rings (SSSR count). The van der Waals surface area contributed by atoms with E-state index in [1.807, 2.05) is 18.3 Å². The second-order valence-corrected chi connectivity index (χ2v) is 10.5. The minimum Gasteiger partial charge on any atom is -0.357 e. The van der Waals surface area contributed by atoms with E-state index >= 15 is 0 Å². The lowest BCUT2D eigenvalue weighted by Gasteiger charge is -2.12. The molecule has 4 N–H and O–H groups in total. The van der Waals surface area contributed by atoms with Crippen LogP contribution in [0, 0.1) is 0 Å². The van der Waals surface area contributed by atoms with Crippen molar-refractivity contribution in [2.45, 2.75) is 37.8 Å². The van der Waals surface area contributed by atoms with Crippen molar-refractivity contribution in [1.29, 1.82) is 0 Å². The van der Waals surface area contributed by atoms with Crippen molar-refractivity contribution in [3.63, 3.8) is 0 Å². The minimum atomic E-state index is 0.0781. The summed E-state index contributed by atoms with van der Waals surface area (Å²) in [7, 11) is 0. The zero-order valence-corrected chi connectivity index (χ0v) is 21.3. The number of pyridine rings is 1. The van der Waals surface area contributed by atoms with Crippen LogP contribution in [0.1, 0.15) is 49.3 Å². The highest BCUT2D eigenvalue weighted by Gasteiger charge is 2.20. The van der Waals surface area contributed by atoms with Crippen LogP contribution in [0.15, 0.2) is 83.8 Å². The molecule has 2 aromatic heterocycles. The van der Waals surface area contributed by atoms with Crippen LogP contribution in [-0.2, 0) is 0 Å². The van der Waals surface area contributed by atoms with Crippen molar-refractivity contribution < 1.29 is 0 Å². The van der Waals surface area contributed by atoms with Crippen LogP contribution in [0.5, 0.6) is 0 Å². The van der Waals surface area contributed by atoms with Crippen LogP contribution in [0.25, 0.3) is 44.4 Å². The third-order valence-electron chi connectivity index (χ3n) is 8.02. The lowest BCUT2D eigenvalue weighted by atomic mass is 9.98. The van der Waals surface area contributed by atoms with Crippen molar-refractivity contribution in [2.75, 3.05) is 13.1 Å². The lowest BCUT2D eigenvalue weighted by molar-refractivity contribution is 0.613. The van der Waals surface area contributed by atoms with Gasteiger partial charge in [-0.3, -0.25) is 4.79 Å². The summed E-state index contributed by atoms with van der Waals surface area (Å²) in [5, 5.41) is 7.71. The molecule has 5 aromatic rings. The Morgan fingerprint density at radius 3 is 1.92 bits per heavy atom. The first-order valence-electron chi connectivity index (χ1n) is 13.6.